The van der Waals surface area contributed by atoms with Crippen LogP contribution in [0.15, 0.2) is 47.4 Å². The number of benzene rings is 2. The predicted octanol–water partition coefficient (Wildman–Crippen LogP) is 2.58. The first kappa shape index (κ1) is 23.1. The van der Waals surface area contributed by atoms with Crippen LogP contribution in [-0.2, 0) is 19.6 Å². The molecule has 0 heterocycles. The fourth-order valence-corrected chi connectivity index (χ4v) is 4.12. The summed E-state index contributed by atoms with van der Waals surface area (Å²) in [5, 5.41) is 11.1. The largest absolute Gasteiger partial charge is 0.497 e. The Balaban J connectivity index is 2.48. The van der Waals surface area contributed by atoms with Crippen LogP contribution in [-0.4, -0.2) is 40.1 Å². The highest BCUT2D eigenvalue weighted by atomic mass is 32.2. The average molecular weight is 438 g/mol. The molecular weight excluding hydrogens is 416 g/mol. The molecule has 1 N–H and O–H groups in total. The van der Waals surface area contributed by atoms with Crippen LogP contribution in [0.3, 0.4) is 0 Å². The fourth-order valence-electron chi connectivity index (χ4n) is 2.71. The van der Waals surface area contributed by atoms with Crippen LogP contribution in [0.25, 0.3) is 0 Å². The minimum atomic E-state index is -4.21. The number of methoxy groups -OCH3 is 2. The molecule has 1 atom stereocenters. The number of non-ortho nitro benzene ring substituents is 1. The second-order valence-corrected chi connectivity index (χ2v) is 7.73. The third-order valence-electron chi connectivity index (χ3n) is 4.12. The monoisotopic (exact) mass is 438 g/mol. The van der Waals surface area contributed by atoms with Crippen LogP contribution in [0.2, 0.25) is 0 Å². The molecular formula is C19H22N2O8S. The van der Waals surface area contributed by atoms with E-state index in [4.69, 9.17) is 14.2 Å². The number of sulfonamides is 1. The van der Waals surface area contributed by atoms with Crippen LogP contribution < -0.4 is 14.2 Å². The Kier molecular flexibility index (Phi) is 7.72. The van der Waals surface area contributed by atoms with Gasteiger partial charge in [-0.05, 0) is 24.6 Å². The Morgan fingerprint density at radius 3 is 2.50 bits per heavy atom. The maximum absolute atomic E-state index is 13.1. The molecule has 2 rings (SSSR count). The van der Waals surface area contributed by atoms with Gasteiger partial charge in [0.1, 0.15) is 16.4 Å². The molecule has 0 saturated heterocycles. The number of rotatable bonds is 10. The van der Waals surface area contributed by atoms with Crippen molar-refractivity contribution in [3.05, 3.63) is 58.1 Å². The molecule has 30 heavy (non-hydrogen) atoms. The maximum Gasteiger partial charge on any atom is 0.307 e. The van der Waals surface area contributed by atoms with E-state index in [1.54, 1.807) is 6.92 Å². The number of nitrogens with one attached hydrogen (secondary N) is 1. The van der Waals surface area contributed by atoms with E-state index in [-0.39, 0.29) is 40.7 Å². The average Bonchev–Trinajstić information content (AvgIpc) is 2.72. The smallest absolute Gasteiger partial charge is 0.307 e. The van der Waals surface area contributed by atoms with Gasteiger partial charge in [-0.3, -0.25) is 14.9 Å². The van der Waals surface area contributed by atoms with Gasteiger partial charge in [0.25, 0.3) is 5.69 Å². The summed E-state index contributed by atoms with van der Waals surface area (Å²) in [5.41, 5.74) is 0.00205. The molecule has 0 radical (unpaired) electrons. The van der Waals surface area contributed by atoms with Crippen molar-refractivity contribution in [3.63, 3.8) is 0 Å². The highest BCUT2D eigenvalue weighted by Gasteiger charge is 2.28. The lowest BCUT2D eigenvalue weighted by molar-refractivity contribution is -0.384. The number of nitrogens with zero attached hydrogens (tertiary/aromatic N) is 1. The van der Waals surface area contributed by atoms with E-state index in [1.165, 1.54) is 56.7 Å². The zero-order valence-electron chi connectivity index (χ0n) is 16.7. The summed E-state index contributed by atoms with van der Waals surface area (Å²) >= 11 is 0. The summed E-state index contributed by atoms with van der Waals surface area (Å²) in [5.74, 6) is -0.306. The van der Waals surface area contributed by atoms with Gasteiger partial charge in [0, 0.05) is 18.2 Å². The lowest BCUT2D eigenvalue weighted by Gasteiger charge is -2.20. The highest BCUT2D eigenvalue weighted by Crippen LogP contribution is 2.30. The Hall–Kier alpha value is -3.18. The van der Waals surface area contributed by atoms with Gasteiger partial charge in [-0.2, -0.15) is 0 Å². The summed E-state index contributed by atoms with van der Waals surface area (Å²) < 4.78 is 43.7. The van der Waals surface area contributed by atoms with E-state index in [0.717, 1.165) is 0 Å². The highest BCUT2D eigenvalue weighted by molar-refractivity contribution is 7.89. The number of ether oxygens (including phenoxy) is 3. The molecule has 0 aliphatic heterocycles. The first-order valence-corrected chi connectivity index (χ1v) is 10.3. The molecule has 0 spiro atoms. The topological polar surface area (TPSA) is 134 Å². The van der Waals surface area contributed by atoms with Gasteiger partial charge in [0.15, 0.2) is 0 Å². The molecule has 0 aliphatic carbocycles. The van der Waals surface area contributed by atoms with Crippen molar-refractivity contribution in [2.75, 3.05) is 20.8 Å². The van der Waals surface area contributed by atoms with Crippen LogP contribution in [0.4, 0.5) is 5.69 Å². The van der Waals surface area contributed by atoms with Gasteiger partial charge in [-0.15, -0.1) is 0 Å². The molecule has 162 valence electrons. The van der Waals surface area contributed by atoms with E-state index >= 15 is 0 Å². The number of hydrogen-bond donors (Lipinski definition) is 1. The van der Waals surface area contributed by atoms with Crippen molar-refractivity contribution < 1.29 is 32.3 Å². The fraction of sp³-hybridized carbons (Fsp3) is 0.316. The van der Waals surface area contributed by atoms with Gasteiger partial charge < -0.3 is 14.2 Å². The molecule has 0 unspecified atom stereocenters. The van der Waals surface area contributed by atoms with Crippen molar-refractivity contribution in [3.8, 4) is 11.5 Å². The van der Waals surface area contributed by atoms with Gasteiger partial charge in [-0.25, -0.2) is 13.1 Å². The zero-order valence-corrected chi connectivity index (χ0v) is 17.5. The van der Waals surface area contributed by atoms with E-state index in [9.17, 15) is 23.3 Å². The summed E-state index contributed by atoms with van der Waals surface area (Å²) in [7, 11) is -1.51. The Morgan fingerprint density at radius 1 is 1.17 bits per heavy atom. The lowest BCUT2D eigenvalue weighted by atomic mass is 10.0. The summed E-state index contributed by atoms with van der Waals surface area (Å²) in [4.78, 5) is 22.4. The summed E-state index contributed by atoms with van der Waals surface area (Å²) in [6.07, 6.45) is -0.361. The van der Waals surface area contributed by atoms with E-state index in [2.05, 4.69) is 4.72 Å². The van der Waals surface area contributed by atoms with Gasteiger partial charge >= 0.3 is 5.97 Å². The number of hydrogen-bond acceptors (Lipinski definition) is 8. The quantitative estimate of drug-likeness (QED) is 0.340. The minimum absolute atomic E-state index is 0.0669. The standard InChI is InChI=1S/C19H22N2O8S/c1-4-29-19(22)12-16(13-6-5-7-14(10-13)21(23)24)20-30(25,26)18-11-15(27-2)8-9-17(18)28-3/h5-11,16,20H,4,12H2,1-3H3/t16-/m0/s1. The number of nitro groups is 1. The molecule has 0 fully saturated rings. The second kappa shape index (κ2) is 10.0. The second-order valence-electron chi connectivity index (χ2n) is 6.05. The van der Waals surface area contributed by atoms with Crippen molar-refractivity contribution in [1.82, 2.24) is 4.72 Å². The first-order chi connectivity index (χ1) is 14.2. The summed E-state index contributed by atoms with van der Waals surface area (Å²) in [6, 6.07) is 8.50. The van der Waals surface area contributed by atoms with Crippen molar-refractivity contribution in [2.45, 2.75) is 24.3 Å². The molecule has 11 heteroatoms. The van der Waals surface area contributed by atoms with Gasteiger partial charge in [0.05, 0.1) is 38.2 Å². The molecule has 0 saturated carbocycles. The molecule has 0 aromatic heterocycles. The number of esters is 1. The number of carbonyl (C=O) groups is 1. The van der Waals surface area contributed by atoms with Gasteiger partial charge in [0.2, 0.25) is 10.0 Å². The van der Waals surface area contributed by atoms with Gasteiger partial charge in [-0.1, -0.05) is 12.1 Å². The Labute approximate surface area is 174 Å². The van der Waals surface area contributed by atoms with E-state index < -0.39 is 27.0 Å². The molecule has 0 amide bonds. The first-order valence-electron chi connectivity index (χ1n) is 8.86. The molecule has 2 aromatic rings. The van der Waals surface area contributed by atoms with Crippen molar-refractivity contribution >= 4 is 21.7 Å². The number of carbonyl (C=O) groups excluding carboxylic acids is 1. The molecule has 0 bridgehead atoms. The van der Waals surface area contributed by atoms with Crippen LogP contribution in [0.5, 0.6) is 11.5 Å². The maximum atomic E-state index is 13.1. The third-order valence-corrected chi connectivity index (χ3v) is 5.61. The Morgan fingerprint density at radius 2 is 1.90 bits per heavy atom. The SMILES string of the molecule is CCOC(=O)C[C@H](NS(=O)(=O)c1cc(OC)ccc1OC)c1cccc([N+](=O)[O-])c1. The zero-order chi connectivity index (χ0) is 22.3. The lowest BCUT2D eigenvalue weighted by Crippen LogP contribution is -2.31. The van der Waals surface area contributed by atoms with Crippen LogP contribution >= 0.6 is 0 Å². The van der Waals surface area contributed by atoms with E-state index in [0.29, 0.717) is 0 Å². The normalized spacial score (nSPS) is 12.1. The predicted molar refractivity (Wildman–Crippen MR) is 107 cm³/mol. The van der Waals surface area contributed by atoms with Crippen molar-refractivity contribution in [1.29, 1.82) is 0 Å². The molecule has 10 nitrogen and oxygen atoms in total. The molecule has 2 aromatic carbocycles. The summed E-state index contributed by atoms with van der Waals surface area (Å²) in [6.45, 7) is 1.72. The van der Waals surface area contributed by atoms with E-state index in [1.807, 2.05) is 0 Å². The van der Waals surface area contributed by atoms with Crippen LogP contribution in [0, 0.1) is 10.1 Å². The number of nitro benzene ring substituents is 1. The third kappa shape index (κ3) is 5.67. The van der Waals surface area contributed by atoms with Crippen molar-refractivity contribution in [2.24, 2.45) is 0 Å². The minimum Gasteiger partial charge on any atom is -0.497 e. The molecule has 0 aliphatic rings. The van der Waals surface area contributed by atoms with Crippen LogP contribution in [0.1, 0.15) is 24.9 Å². The Bertz CT molecular complexity index is 1020.